The van der Waals surface area contributed by atoms with Crippen molar-refractivity contribution in [1.82, 2.24) is 0 Å². The summed E-state index contributed by atoms with van der Waals surface area (Å²) >= 11 is 0. The lowest BCUT2D eigenvalue weighted by Gasteiger charge is -2.45. The minimum atomic E-state index is -2.30. The number of hydrogen-bond donors (Lipinski definition) is 5. The molecule has 1 fully saturated rings. The predicted octanol–water partition coefficient (Wildman–Crippen LogP) is 0.228. The van der Waals surface area contributed by atoms with E-state index in [4.69, 9.17) is 14.2 Å². The van der Waals surface area contributed by atoms with Crippen LogP contribution in [0.1, 0.15) is 29.5 Å². The van der Waals surface area contributed by atoms with Crippen LogP contribution >= 0.6 is 0 Å². The van der Waals surface area contributed by atoms with Crippen molar-refractivity contribution in [3.63, 3.8) is 0 Å². The molecule has 0 radical (unpaired) electrons. The van der Waals surface area contributed by atoms with Gasteiger partial charge in [-0.3, -0.25) is 0 Å². The third-order valence-corrected chi connectivity index (χ3v) is 5.76. The van der Waals surface area contributed by atoms with Gasteiger partial charge in [0.05, 0.1) is 19.8 Å². The molecule has 0 spiro atoms. The molecule has 30 heavy (non-hydrogen) atoms. The second-order valence-electron chi connectivity index (χ2n) is 7.58. The minimum absolute atomic E-state index is 0.107. The molecule has 2 aliphatic heterocycles. The van der Waals surface area contributed by atoms with Gasteiger partial charge in [0.1, 0.15) is 35.9 Å². The summed E-state index contributed by atoms with van der Waals surface area (Å²) in [7, 11) is 0. The first-order valence-corrected chi connectivity index (χ1v) is 9.94. The molecular weight excluding hydrogens is 392 g/mol. The minimum Gasteiger partial charge on any atom is -0.494 e. The lowest BCUT2D eigenvalue weighted by atomic mass is 9.85. The molecule has 0 amide bonds. The zero-order valence-corrected chi connectivity index (χ0v) is 16.5. The van der Waals surface area contributed by atoms with Crippen LogP contribution in [0, 0.1) is 0 Å². The Labute approximate surface area is 173 Å². The average molecular weight is 418 g/mol. The summed E-state index contributed by atoms with van der Waals surface area (Å²) in [4.78, 5) is 0. The highest BCUT2D eigenvalue weighted by atomic mass is 16.7. The maximum Gasteiger partial charge on any atom is 0.222 e. The van der Waals surface area contributed by atoms with Gasteiger partial charge in [-0.15, -0.1) is 0 Å². The highest BCUT2D eigenvalue weighted by Crippen LogP contribution is 2.43. The molecule has 2 heterocycles. The first kappa shape index (κ1) is 21.0. The van der Waals surface area contributed by atoms with Gasteiger partial charge in [-0.2, -0.15) is 0 Å². The number of ether oxygens (including phenoxy) is 3. The zero-order valence-electron chi connectivity index (χ0n) is 16.5. The normalized spacial score (nSPS) is 33.1. The number of fused-ring (bicyclic) bond motifs is 1. The monoisotopic (exact) mass is 418 g/mol. The zero-order chi connectivity index (χ0) is 21.5. The number of aliphatic hydroxyl groups excluding tert-OH is 4. The van der Waals surface area contributed by atoms with Crippen molar-refractivity contribution in [3.8, 4) is 11.5 Å². The Balaban J connectivity index is 1.67. The number of aliphatic hydroxyl groups is 5. The van der Waals surface area contributed by atoms with Gasteiger partial charge in [-0.1, -0.05) is 12.1 Å². The van der Waals surface area contributed by atoms with Crippen molar-refractivity contribution in [3.05, 3.63) is 59.2 Å². The predicted molar refractivity (Wildman–Crippen MR) is 105 cm³/mol. The number of benzene rings is 2. The molecule has 162 valence electrons. The molecule has 8 nitrogen and oxygen atoms in total. The molecule has 8 heteroatoms. The van der Waals surface area contributed by atoms with Crippen molar-refractivity contribution in [1.29, 1.82) is 0 Å². The summed E-state index contributed by atoms with van der Waals surface area (Å²) in [5, 5.41) is 51.0. The molecule has 0 aromatic heterocycles. The molecule has 2 aromatic carbocycles. The van der Waals surface area contributed by atoms with Crippen LogP contribution in [0.25, 0.3) is 0 Å². The van der Waals surface area contributed by atoms with Crippen LogP contribution in [-0.2, 0) is 10.5 Å². The molecule has 5 N–H and O–H groups in total. The highest BCUT2D eigenvalue weighted by molar-refractivity contribution is 5.49. The van der Waals surface area contributed by atoms with Crippen LogP contribution in [0.15, 0.2) is 42.5 Å². The van der Waals surface area contributed by atoms with E-state index in [0.29, 0.717) is 19.0 Å². The molecule has 1 saturated heterocycles. The standard InChI is InChI=1S/C22H26O8/c1-2-28-14-6-3-12(4-7-14)16-11-29-17-8-5-13(9-15(16)17)22(27)21(26)20(25)19(24)18(10-23)30-22/h3-9,16,18-21,23-27H,2,10-11H2,1H3/t16?,18-,19-,20+,21-,22+/m1/s1. The third-order valence-electron chi connectivity index (χ3n) is 5.76. The van der Waals surface area contributed by atoms with Gasteiger partial charge in [-0.05, 0) is 42.8 Å². The smallest absolute Gasteiger partial charge is 0.222 e. The molecule has 0 aliphatic carbocycles. The van der Waals surface area contributed by atoms with Gasteiger partial charge in [0, 0.05) is 17.0 Å². The maximum absolute atomic E-state index is 11.1. The topological polar surface area (TPSA) is 129 Å². The second kappa shape index (κ2) is 8.14. The van der Waals surface area contributed by atoms with Crippen molar-refractivity contribution >= 4 is 0 Å². The fourth-order valence-corrected chi connectivity index (χ4v) is 4.07. The van der Waals surface area contributed by atoms with E-state index in [9.17, 15) is 25.5 Å². The van der Waals surface area contributed by atoms with E-state index < -0.39 is 36.8 Å². The van der Waals surface area contributed by atoms with E-state index in [-0.39, 0.29) is 11.5 Å². The fraction of sp³-hybridized carbons (Fsp3) is 0.455. The van der Waals surface area contributed by atoms with Crippen molar-refractivity contribution in [2.75, 3.05) is 19.8 Å². The summed E-state index contributed by atoms with van der Waals surface area (Å²) < 4.78 is 16.7. The summed E-state index contributed by atoms with van der Waals surface area (Å²) in [5.41, 5.74) is 1.98. The van der Waals surface area contributed by atoms with Crippen LogP contribution in [0.3, 0.4) is 0 Å². The number of rotatable bonds is 5. The molecular formula is C22H26O8. The van der Waals surface area contributed by atoms with E-state index in [1.807, 2.05) is 31.2 Å². The average Bonchev–Trinajstić information content (AvgIpc) is 3.19. The molecule has 6 atom stereocenters. The Morgan fingerprint density at radius 2 is 1.80 bits per heavy atom. The lowest BCUT2D eigenvalue weighted by Crippen LogP contribution is -2.63. The van der Waals surface area contributed by atoms with Crippen LogP contribution in [0.2, 0.25) is 0 Å². The molecule has 0 bridgehead atoms. The summed E-state index contributed by atoms with van der Waals surface area (Å²) in [6.07, 6.45) is -6.27. The van der Waals surface area contributed by atoms with Crippen LogP contribution in [0.5, 0.6) is 11.5 Å². The molecule has 1 unspecified atom stereocenters. The van der Waals surface area contributed by atoms with Gasteiger partial charge in [0.15, 0.2) is 0 Å². The lowest BCUT2D eigenvalue weighted by molar-refractivity contribution is -0.357. The SMILES string of the molecule is CCOc1ccc(C2COc3ccc([C@]4(O)O[C@H](CO)[C@@H](O)[C@H](O)[C@H]4O)cc32)cc1. The summed E-state index contributed by atoms with van der Waals surface area (Å²) in [6.45, 7) is 2.28. The van der Waals surface area contributed by atoms with E-state index >= 15 is 0 Å². The van der Waals surface area contributed by atoms with E-state index in [1.165, 1.54) is 6.07 Å². The van der Waals surface area contributed by atoms with Gasteiger partial charge in [-0.25, -0.2) is 0 Å². The van der Waals surface area contributed by atoms with Gasteiger partial charge in [0.25, 0.3) is 0 Å². The molecule has 0 saturated carbocycles. The Kier molecular flexibility index (Phi) is 5.71. The fourth-order valence-electron chi connectivity index (χ4n) is 4.07. The largest absolute Gasteiger partial charge is 0.494 e. The first-order chi connectivity index (χ1) is 14.4. The third kappa shape index (κ3) is 3.45. The quantitative estimate of drug-likeness (QED) is 0.467. The Hall–Kier alpha value is -2.20. The second-order valence-corrected chi connectivity index (χ2v) is 7.58. The Morgan fingerprint density at radius 1 is 1.07 bits per heavy atom. The van der Waals surface area contributed by atoms with Gasteiger partial charge < -0.3 is 39.7 Å². The Bertz CT molecular complexity index is 883. The van der Waals surface area contributed by atoms with Crippen LogP contribution in [0.4, 0.5) is 0 Å². The first-order valence-electron chi connectivity index (χ1n) is 9.94. The Morgan fingerprint density at radius 3 is 2.47 bits per heavy atom. The maximum atomic E-state index is 11.1. The molecule has 2 aromatic rings. The van der Waals surface area contributed by atoms with E-state index in [0.717, 1.165) is 16.9 Å². The van der Waals surface area contributed by atoms with Crippen LogP contribution in [-0.4, -0.2) is 69.8 Å². The number of hydrogen-bond acceptors (Lipinski definition) is 8. The molecule has 4 rings (SSSR count). The van der Waals surface area contributed by atoms with E-state index in [1.54, 1.807) is 12.1 Å². The van der Waals surface area contributed by atoms with Crippen molar-refractivity contribution in [2.45, 2.75) is 43.0 Å². The van der Waals surface area contributed by atoms with Gasteiger partial charge in [0.2, 0.25) is 5.79 Å². The highest BCUT2D eigenvalue weighted by Gasteiger charge is 2.53. The van der Waals surface area contributed by atoms with Crippen molar-refractivity contribution < 1.29 is 39.7 Å². The van der Waals surface area contributed by atoms with Gasteiger partial charge >= 0.3 is 0 Å². The van der Waals surface area contributed by atoms with Crippen LogP contribution < -0.4 is 9.47 Å². The van der Waals surface area contributed by atoms with E-state index in [2.05, 4.69) is 0 Å². The summed E-state index contributed by atoms with van der Waals surface area (Å²) in [5.74, 6) is -0.993. The molecule has 2 aliphatic rings. The van der Waals surface area contributed by atoms with Crippen molar-refractivity contribution in [2.24, 2.45) is 0 Å². The summed E-state index contributed by atoms with van der Waals surface area (Å²) in [6, 6.07) is 12.5.